The van der Waals surface area contributed by atoms with Crippen LogP contribution in [0, 0.1) is 56.2 Å². The Labute approximate surface area is 312 Å². The predicted octanol–water partition coefficient (Wildman–Crippen LogP) is 7.97. The number of Topliss-reactive ketones (excluding diaryl/α,β-unsaturated/α-hetero) is 1. The second-order valence-corrected chi connectivity index (χ2v) is 19.9. The van der Waals surface area contributed by atoms with E-state index in [1.54, 1.807) is 20.0 Å². The fraction of sp³-hybridized carbons (Fsp3) is 0.773. The number of nitrogens with one attached hydrogen (secondary N) is 1. The number of hydrogen-bond acceptors (Lipinski definition) is 7. The number of aliphatic carboxylic acids is 1. The Kier molecular flexibility index (Phi) is 10.2. The highest BCUT2D eigenvalue weighted by Crippen LogP contribution is 2.77. The number of esters is 1. The van der Waals surface area contributed by atoms with Crippen molar-refractivity contribution in [1.82, 2.24) is 10.3 Å². The van der Waals surface area contributed by atoms with Crippen molar-refractivity contribution in [3.8, 4) is 0 Å². The molecular formula is C44H66N2O6. The SMILES string of the molecule is CC(C)C1=C2[C@H]3CC[C@@H]4[C@@]5(C)CCC(OC(=O)CC(C)(C)C(=O)O)C(C)(C)[C@@H]5CC[C@@]4(C)[C@]3(C)CC[C@@]2([C@H](O)CNCCc2cccnc2)CC1=O. The molecular weight excluding hydrogens is 652 g/mol. The number of rotatable bonds is 11. The normalized spacial score (nSPS) is 37.5. The number of carboxylic acids is 1. The number of pyridine rings is 1. The maximum Gasteiger partial charge on any atom is 0.309 e. The maximum atomic E-state index is 14.0. The molecule has 0 spiro atoms. The second kappa shape index (κ2) is 13.6. The molecule has 1 unspecified atom stereocenters. The van der Waals surface area contributed by atoms with E-state index in [2.05, 4.69) is 64.8 Å². The van der Waals surface area contributed by atoms with Crippen LogP contribution in [0.25, 0.3) is 0 Å². The van der Waals surface area contributed by atoms with E-state index in [0.29, 0.717) is 24.8 Å². The summed E-state index contributed by atoms with van der Waals surface area (Å²) in [6, 6.07) is 4.03. The van der Waals surface area contributed by atoms with E-state index >= 15 is 0 Å². The molecule has 0 aromatic carbocycles. The summed E-state index contributed by atoms with van der Waals surface area (Å²) in [5.74, 6) is 0.0894. The molecule has 3 N–H and O–H groups in total. The van der Waals surface area contributed by atoms with E-state index in [9.17, 15) is 24.6 Å². The van der Waals surface area contributed by atoms with Gasteiger partial charge >= 0.3 is 11.9 Å². The number of ether oxygens (including phenoxy) is 1. The van der Waals surface area contributed by atoms with Gasteiger partial charge in [-0.05, 0) is 135 Å². The molecule has 0 saturated heterocycles. The number of nitrogens with zero attached hydrogens (tertiary/aromatic N) is 1. The van der Waals surface area contributed by atoms with Crippen molar-refractivity contribution >= 4 is 17.7 Å². The minimum absolute atomic E-state index is 0.00315. The second-order valence-electron chi connectivity index (χ2n) is 19.9. The van der Waals surface area contributed by atoms with Crippen LogP contribution in [0.2, 0.25) is 0 Å². The largest absolute Gasteiger partial charge is 0.481 e. The zero-order valence-electron chi connectivity index (χ0n) is 33.4. The first-order valence-corrected chi connectivity index (χ1v) is 20.2. The number of ketones is 1. The molecule has 0 aliphatic heterocycles. The van der Waals surface area contributed by atoms with Crippen LogP contribution in [-0.2, 0) is 25.5 Å². The first kappa shape index (κ1) is 39.1. The molecule has 288 valence electrons. The number of aliphatic hydroxyl groups excluding tert-OH is 1. The lowest BCUT2D eigenvalue weighted by atomic mass is 9.33. The van der Waals surface area contributed by atoms with Crippen molar-refractivity contribution in [2.75, 3.05) is 13.1 Å². The van der Waals surface area contributed by atoms with Gasteiger partial charge in [0.1, 0.15) is 6.10 Å². The molecule has 8 heteroatoms. The third-order valence-corrected chi connectivity index (χ3v) is 16.2. The van der Waals surface area contributed by atoms with Crippen LogP contribution < -0.4 is 5.32 Å². The summed E-state index contributed by atoms with van der Waals surface area (Å²) in [6.45, 7) is 20.9. The fourth-order valence-electron chi connectivity index (χ4n) is 13.1. The average Bonchev–Trinajstić information content (AvgIpc) is 3.38. The first-order valence-electron chi connectivity index (χ1n) is 20.2. The van der Waals surface area contributed by atoms with E-state index in [4.69, 9.17) is 4.74 Å². The topological polar surface area (TPSA) is 126 Å². The van der Waals surface area contributed by atoms with Crippen LogP contribution in [0.3, 0.4) is 0 Å². The standard InChI is InChI=1S/C44H66N2O6/c1-27(2)36-30(47)23-44(33(48)26-46-22-16-28-11-10-21-45-25-28)20-19-42(8)29(37(36)44)12-13-32-41(7)17-15-34(52-35(49)24-39(3,4)38(50)51)40(5,6)31(41)14-18-43(32,42)9/h10-11,21,25,27,29,31-34,46,48H,12-20,22-24,26H2,1-9H3,(H,50,51)/t29-,31+,32-,33-,34?,41+,42-,43-,44+/m1/s1. The summed E-state index contributed by atoms with van der Waals surface area (Å²) < 4.78 is 6.16. The lowest BCUT2D eigenvalue weighted by Crippen LogP contribution is -2.66. The van der Waals surface area contributed by atoms with Crippen molar-refractivity contribution < 1.29 is 29.3 Å². The van der Waals surface area contributed by atoms with Gasteiger partial charge in [0, 0.05) is 36.2 Å². The van der Waals surface area contributed by atoms with Gasteiger partial charge in [-0.25, -0.2) is 0 Å². The van der Waals surface area contributed by atoms with Crippen molar-refractivity contribution in [1.29, 1.82) is 0 Å². The highest BCUT2D eigenvalue weighted by Gasteiger charge is 2.70. The summed E-state index contributed by atoms with van der Waals surface area (Å²) in [7, 11) is 0. The van der Waals surface area contributed by atoms with Crippen LogP contribution in [0.4, 0.5) is 0 Å². The number of aromatic nitrogens is 1. The zero-order chi connectivity index (χ0) is 38.1. The van der Waals surface area contributed by atoms with Gasteiger partial charge in [-0.2, -0.15) is 0 Å². The first-order chi connectivity index (χ1) is 24.2. The lowest BCUT2D eigenvalue weighted by Gasteiger charge is -2.72. The molecule has 5 aliphatic carbocycles. The Morgan fingerprint density at radius 3 is 2.38 bits per heavy atom. The Hall–Kier alpha value is -2.58. The maximum absolute atomic E-state index is 14.0. The molecule has 5 aliphatic rings. The Morgan fingerprint density at radius 2 is 1.73 bits per heavy atom. The minimum Gasteiger partial charge on any atom is -0.481 e. The average molecular weight is 719 g/mol. The molecule has 0 amide bonds. The number of allylic oxidation sites excluding steroid dienone is 1. The highest BCUT2D eigenvalue weighted by molar-refractivity contribution is 6.00. The lowest BCUT2D eigenvalue weighted by molar-refractivity contribution is -0.235. The van der Waals surface area contributed by atoms with Crippen molar-refractivity contribution in [3.63, 3.8) is 0 Å². The monoisotopic (exact) mass is 718 g/mol. The molecule has 52 heavy (non-hydrogen) atoms. The quantitative estimate of drug-likeness (QED) is 0.155. The molecule has 9 atom stereocenters. The van der Waals surface area contributed by atoms with E-state index in [-0.39, 0.29) is 51.8 Å². The van der Waals surface area contributed by atoms with Crippen LogP contribution >= 0.6 is 0 Å². The summed E-state index contributed by atoms with van der Waals surface area (Å²) in [4.78, 5) is 43.1. The van der Waals surface area contributed by atoms with E-state index in [0.717, 1.165) is 69.9 Å². The number of carboxylic acid groups (broad SMARTS) is 1. The van der Waals surface area contributed by atoms with Gasteiger partial charge in [0.05, 0.1) is 17.9 Å². The fourth-order valence-corrected chi connectivity index (χ4v) is 13.1. The number of carbonyl (C=O) groups excluding carboxylic acids is 2. The van der Waals surface area contributed by atoms with Gasteiger partial charge in [0.25, 0.3) is 0 Å². The molecule has 4 fully saturated rings. The summed E-state index contributed by atoms with van der Waals surface area (Å²) in [5.41, 5.74) is 1.69. The van der Waals surface area contributed by atoms with Crippen LogP contribution in [0.5, 0.6) is 0 Å². The number of fused-ring (bicyclic) bond motifs is 7. The molecule has 1 aromatic heterocycles. The van der Waals surface area contributed by atoms with Gasteiger partial charge in [-0.15, -0.1) is 0 Å². The Morgan fingerprint density at radius 1 is 1.00 bits per heavy atom. The molecule has 1 heterocycles. The number of aliphatic hydroxyl groups is 1. The summed E-state index contributed by atoms with van der Waals surface area (Å²) in [6.07, 6.45) is 11.8. The third kappa shape index (κ3) is 6.10. The molecule has 8 nitrogen and oxygen atoms in total. The Balaban J connectivity index is 1.24. The van der Waals surface area contributed by atoms with Gasteiger partial charge in [0.2, 0.25) is 0 Å². The number of carbonyl (C=O) groups is 3. The van der Waals surface area contributed by atoms with E-state index in [1.807, 2.05) is 12.3 Å². The minimum atomic E-state index is -1.16. The van der Waals surface area contributed by atoms with E-state index < -0.39 is 28.9 Å². The number of hydrogen-bond donors (Lipinski definition) is 3. The molecule has 4 saturated carbocycles. The molecule has 6 rings (SSSR count). The highest BCUT2D eigenvalue weighted by atomic mass is 16.5. The smallest absolute Gasteiger partial charge is 0.309 e. The van der Waals surface area contributed by atoms with Crippen molar-refractivity contribution in [3.05, 3.63) is 41.2 Å². The summed E-state index contributed by atoms with van der Waals surface area (Å²) >= 11 is 0. The van der Waals surface area contributed by atoms with Gasteiger partial charge < -0.3 is 20.3 Å². The molecule has 0 radical (unpaired) electrons. The van der Waals surface area contributed by atoms with Gasteiger partial charge in [-0.1, -0.05) is 60.1 Å². The Bertz CT molecular complexity index is 1580. The van der Waals surface area contributed by atoms with Gasteiger partial charge in [0.15, 0.2) is 5.78 Å². The predicted molar refractivity (Wildman–Crippen MR) is 202 cm³/mol. The van der Waals surface area contributed by atoms with Crippen LogP contribution in [-0.4, -0.2) is 58.2 Å². The van der Waals surface area contributed by atoms with Crippen LogP contribution in [0.15, 0.2) is 35.7 Å². The third-order valence-electron chi connectivity index (χ3n) is 16.2. The van der Waals surface area contributed by atoms with Crippen LogP contribution in [0.1, 0.15) is 132 Å². The van der Waals surface area contributed by atoms with Crippen molar-refractivity contribution in [2.24, 2.45) is 56.2 Å². The van der Waals surface area contributed by atoms with Crippen molar-refractivity contribution in [2.45, 2.75) is 145 Å². The molecule has 1 aromatic rings. The molecule has 0 bridgehead atoms. The zero-order valence-corrected chi connectivity index (χ0v) is 33.4. The van der Waals surface area contributed by atoms with E-state index in [1.165, 1.54) is 11.1 Å². The van der Waals surface area contributed by atoms with Gasteiger partial charge in [-0.3, -0.25) is 19.4 Å². The summed E-state index contributed by atoms with van der Waals surface area (Å²) in [5, 5.41) is 25.3.